The largest absolute Gasteiger partial charge is 0.454 e. The van der Waals surface area contributed by atoms with Crippen LogP contribution in [0.4, 0.5) is 5.69 Å². The van der Waals surface area contributed by atoms with Gasteiger partial charge < -0.3 is 14.8 Å². The molecule has 2 heterocycles. The summed E-state index contributed by atoms with van der Waals surface area (Å²) in [7, 11) is 0. The molecule has 142 valence electrons. The molecule has 1 aliphatic rings. The highest BCUT2D eigenvalue weighted by molar-refractivity contribution is 5.80. The third-order valence-electron chi connectivity index (χ3n) is 4.26. The van der Waals surface area contributed by atoms with Gasteiger partial charge >= 0.3 is 0 Å². The van der Waals surface area contributed by atoms with E-state index in [-0.39, 0.29) is 31.0 Å². The number of carbonyl (C=O) groups excluding carboxylic acids is 1. The molecule has 1 amide bonds. The molecule has 1 aromatic heterocycles. The van der Waals surface area contributed by atoms with Crippen molar-refractivity contribution in [2.45, 2.75) is 13.1 Å². The number of rotatable bonds is 5. The molecule has 10 nitrogen and oxygen atoms in total. The fourth-order valence-corrected chi connectivity index (χ4v) is 2.84. The number of hydrogen-bond acceptors (Lipinski definition) is 7. The van der Waals surface area contributed by atoms with E-state index in [0.29, 0.717) is 17.0 Å². The van der Waals surface area contributed by atoms with Gasteiger partial charge in [-0.25, -0.2) is 4.98 Å². The van der Waals surface area contributed by atoms with Crippen LogP contribution in [0, 0.1) is 10.1 Å². The van der Waals surface area contributed by atoms with Crippen molar-refractivity contribution < 1.29 is 19.2 Å². The highest BCUT2D eigenvalue weighted by Crippen LogP contribution is 2.32. The number of nitro groups is 1. The van der Waals surface area contributed by atoms with Crippen LogP contribution in [0.1, 0.15) is 5.56 Å². The molecule has 28 heavy (non-hydrogen) atoms. The molecule has 4 rings (SSSR count). The van der Waals surface area contributed by atoms with Crippen molar-refractivity contribution in [2.24, 2.45) is 0 Å². The first-order chi connectivity index (χ1) is 13.5. The topological polar surface area (TPSA) is 126 Å². The van der Waals surface area contributed by atoms with Gasteiger partial charge in [0.05, 0.1) is 22.2 Å². The van der Waals surface area contributed by atoms with Gasteiger partial charge in [0.25, 0.3) is 11.2 Å². The van der Waals surface area contributed by atoms with Gasteiger partial charge in [0, 0.05) is 18.7 Å². The lowest BCUT2D eigenvalue weighted by molar-refractivity contribution is -0.384. The average molecular weight is 382 g/mol. The fraction of sp³-hybridized carbons (Fsp3) is 0.167. The number of carbonyl (C=O) groups is 1. The van der Waals surface area contributed by atoms with Crippen molar-refractivity contribution in [3.63, 3.8) is 0 Å². The Morgan fingerprint density at radius 1 is 1.21 bits per heavy atom. The molecule has 0 saturated carbocycles. The van der Waals surface area contributed by atoms with Crippen molar-refractivity contribution in [2.75, 3.05) is 6.79 Å². The fourth-order valence-electron chi connectivity index (χ4n) is 2.84. The summed E-state index contributed by atoms with van der Waals surface area (Å²) in [5, 5.41) is 13.7. The molecule has 0 aliphatic carbocycles. The first kappa shape index (κ1) is 17.5. The molecule has 0 fully saturated rings. The van der Waals surface area contributed by atoms with E-state index in [1.165, 1.54) is 18.5 Å². The molecule has 0 atom stereocenters. The summed E-state index contributed by atoms with van der Waals surface area (Å²) >= 11 is 0. The second-order valence-corrected chi connectivity index (χ2v) is 6.10. The van der Waals surface area contributed by atoms with Crippen molar-refractivity contribution in [3.8, 4) is 11.5 Å². The monoisotopic (exact) mass is 382 g/mol. The van der Waals surface area contributed by atoms with Gasteiger partial charge in [-0.05, 0) is 23.8 Å². The van der Waals surface area contributed by atoms with E-state index >= 15 is 0 Å². The van der Waals surface area contributed by atoms with Crippen LogP contribution >= 0.6 is 0 Å². The quantitative estimate of drug-likeness (QED) is 0.521. The first-order valence-corrected chi connectivity index (χ1v) is 8.30. The van der Waals surface area contributed by atoms with Crippen LogP contribution in [0.25, 0.3) is 10.9 Å². The number of amides is 1. The first-order valence-electron chi connectivity index (χ1n) is 8.30. The number of fused-ring (bicyclic) bond motifs is 2. The van der Waals surface area contributed by atoms with Gasteiger partial charge in [0.2, 0.25) is 12.7 Å². The van der Waals surface area contributed by atoms with Crippen LogP contribution in [0.3, 0.4) is 0 Å². The number of nitrogens with zero attached hydrogens (tertiary/aromatic N) is 3. The van der Waals surface area contributed by atoms with E-state index in [0.717, 1.165) is 16.2 Å². The zero-order valence-corrected chi connectivity index (χ0v) is 14.5. The van der Waals surface area contributed by atoms with Crippen molar-refractivity contribution in [1.29, 1.82) is 0 Å². The average Bonchev–Trinajstić information content (AvgIpc) is 3.16. The van der Waals surface area contributed by atoms with E-state index in [2.05, 4.69) is 10.3 Å². The lowest BCUT2D eigenvalue weighted by atomic mass is 10.2. The summed E-state index contributed by atoms with van der Waals surface area (Å²) in [4.78, 5) is 39.1. The summed E-state index contributed by atoms with van der Waals surface area (Å²) in [5.41, 5.74) is 0.410. The van der Waals surface area contributed by atoms with E-state index in [9.17, 15) is 19.7 Å². The van der Waals surface area contributed by atoms with E-state index in [1.54, 1.807) is 18.2 Å². The van der Waals surface area contributed by atoms with Crippen LogP contribution in [0.2, 0.25) is 0 Å². The zero-order valence-electron chi connectivity index (χ0n) is 14.5. The van der Waals surface area contributed by atoms with Crippen LogP contribution in [-0.4, -0.2) is 27.2 Å². The van der Waals surface area contributed by atoms with Gasteiger partial charge in [-0.3, -0.25) is 24.3 Å². The van der Waals surface area contributed by atoms with Crippen LogP contribution in [0.5, 0.6) is 11.5 Å². The summed E-state index contributed by atoms with van der Waals surface area (Å²) in [6.45, 7) is 0.160. The second-order valence-electron chi connectivity index (χ2n) is 6.10. The third-order valence-corrected chi connectivity index (χ3v) is 4.26. The molecule has 0 radical (unpaired) electrons. The summed E-state index contributed by atoms with van der Waals surface area (Å²) < 4.78 is 11.6. The maximum atomic E-state index is 12.5. The van der Waals surface area contributed by atoms with Gasteiger partial charge in [-0.2, -0.15) is 0 Å². The van der Waals surface area contributed by atoms with E-state index in [1.807, 2.05) is 0 Å². The smallest absolute Gasteiger partial charge is 0.270 e. The second kappa shape index (κ2) is 6.99. The lowest BCUT2D eigenvalue weighted by Gasteiger charge is -2.08. The maximum absolute atomic E-state index is 12.5. The summed E-state index contributed by atoms with van der Waals surface area (Å²) in [6, 6.07) is 9.17. The Morgan fingerprint density at radius 3 is 2.86 bits per heavy atom. The molecular formula is C18H14N4O6. The lowest BCUT2D eigenvalue weighted by Crippen LogP contribution is -2.32. The Hall–Kier alpha value is -3.95. The summed E-state index contributed by atoms with van der Waals surface area (Å²) in [6.07, 6.45) is 1.25. The molecule has 0 unspecified atom stereocenters. The number of benzene rings is 2. The van der Waals surface area contributed by atoms with Crippen molar-refractivity contribution >= 4 is 22.5 Å². The molecule has 0 bridgehead atoms. The van der Waals surface area contributed by atoms with Gasteiger partial charge in [-0.15, -0.1) is 0 Å². The van der Waals surface area contributed by atoms with E-state index in [4.69, 9.17) is 9.47 Å². The number of hydrogen-bond donors (Lipinski definition) is 1. The predicted molar refractivity (Wildman–Crippen MR) is 97.1 cm³/mol. The number of aromatic nitrogens is 2. The molecule has 1 aliphatic heterocycles. The zero-order chi connectivity index (χ0) is 19.7. The molecule has 1 N–H and O–H groups in total. The standard InChI is InChI=1S/C18H14N4O6/c23-17(19-7-11-1-4-15-16(5-11)28-10-27-15)8-21-9-20-14-3-2-12(22(25)26)6-13(14)18(21)24/h1-6,9H,7-8,10H2,(H,19,23). The van der Waals surface area contributed by atoms with Gasteiger partial charge in [-0.1, -0.05) is 6.07 Å². The van der Waals surface area contributed by atoms with Crippen LogP contribution in [-0.2, 0) is 17.9 Å². The molecule has 0 spiro atoms. The Morgan fingerprint density at radius 2 is 2.04 bits per heavy atom. The van der Waals surface area contributed by atoms with Crippen LogP contribution in [0.15, 0.2) is 47.5 Å². The highest BCUT2D eigenvalue weighted by atomic mass is 16.7. The SMILES string of the molecule is O=C(Cn1cnc2ccc([N+](=O)[O-])cc2c1=O)NCc1ccc2c(c1)OCO2. The van der Waals surface area contributed by atoms with E-state index < -0.39 is 16.4 Å². The number of nitro benzene ring substituents is 1. The van der Waals surface area contributed by atoms with Gasteiger partial charge in [0.1, 0.15) is 6.54 Å². The number of non-ortho nitro benzene ring substituents is 1. The Balaban J connectivity index is 1.48. The molecule has 2 aromatic carbocycles. The number of ether oxygens (including phenoxy) is 2. The predicted octanol–water partition coefficient (Wildman–Crippen LogP) is 1.35. The maximum Gasteiger partial charge on any atom is 0.270 e. The Kier molecular flexibility index (Phi) is 4.36. The molecule has 10 heteroatoms. The molecular weight excluding hydrogens is 368 g/mol. The minimum Gasteiger partial charge on any atom is -0.454 e. The van der Waals surface area contributed by atoms with Crippen molar-refractivity contribution in [3.05, 3.63) is 68.8 Å². The normalized spacial score (nSPS) is 12.1. The minimum absolute atomic E-state index is 0.0836. The number of nitrogens with one attached hydrogen (secondary N) is 1. The Bertz CT molecular complexity index is 1160. The van der Waals surface area contributed by atoms with Crippen LogP contribution < -0.4 is 20.3 Å². The third kappa shape index (κ3) is 3.34. The highest BCUT2D eigenvalue weighted by Gasteiger charge is 2.15. The molecule has 0 saturated heterocycles. The minimum atomic E-state index is -0.589. The Labute approximate surface area is 157 Å². The summed E-state index contributed by atoms with van der Waals surface area (Å²) in [5.74, 6) is 0.868. The van der Waals surface area contributed by atoms with Crippen molar-refractivity contribution in [1.82, 2.24) is 14.9 Å². The molecule has 3 aromatic rings. The van der Waals surface area contributed by atoms with Gasteiger partial charge in [0.15, 0.2) is 11.5 Å².